The van der Waals surface area contributed by atoms with Crippen molar-refractivity contribution in [3.8, 4) is 0 Å². The molecule has 1 rings (SSSR count). The quantitative estimate of drug-likeness (QED) is 0.485. The van der Waals surface area contributed by atoms with E-state index in [4.69, 9.17) is 4.74 Å². The highest BCUT2D eigenvalue weighted by Crippen LogP contribution is 2.53. The molecule has 0 aromatic rings. The number of hydrogen-bond acceptors (Lipinski definition) is 2. The van der Waals surface area contributed by atoms with Crippen LogP contribution in [0.1, 0.15) is 67.2 Å². The zero-order chi connectivity index (χ0) is 16.4. The van der Waals surface area contributed by atoms with Gasteiger partial charge in [0, 0.05) is 6.42 Å². The van der Waals surface area contributed by atoms with Crippen LogP contribution in [0.5, 0.6) is 0 Å². The average molecular weight is 313 g/mol. The molecule has 1 heterocycles. The molecule has 1 fully saturated rings. The molecule has 0 radical (unpaired) electrons. The van der Waals surface area contributed by atoms with Gasteiger partial charge in [0.05, 0.1) is 8.07 Å². The van der Waals surface area contributed by atoms with Crippen LogP contribution in [0.2, 0.25) is 23.7 Å². The first-order chi connectivity index (χ1) is 9.52. The van der Waals surface area contributed by atoms with E-state index >= 15 is 0 Å². The van der Waals surface area contributed by atoms with E-state index in [1.807, 2.05) is 0 Å². The summed E-state index contributed by atoms with van der Waals surface area (Å²) < 4.78 is 5.85. The Morgan fingerprint density at radius 2 is 1.86 bits per heavy atom. The molecule has 0 bridgehead atoms. The van der Waals surface area contributed by atoms with E-state index < -0.39 is 8.07 Å². The number of hydrogen-bond donors (Lipinski definition) is 0. The molecule has 0 aromatic carbocycles. The van der Waals surface area contributed by atoms with Crippen molar-refractivity contribution in [1.82, 2.24) is 0 Å². The van der Waals surface area contributed by atoms with Gasteiger partial charge in [-0.15, -0.1) is 0 Å². The van der Waals surface area contributed by atoms with E-state index in [1.165, 1.54) is 19.3 Å². The van der Waals surface area contributed by atoms with E-state index in [0.29, 0.717) is 28.8 Å². The molecule has 3 heteroatoms. The minimum absolute atomic E-state index is 0.0322. The lowest BCUT2D eigenvalue weighted by atomic mass is 9.86. The summed E-state index contributed by atoms with van der Waals surface area (Å²) in [5, 5.41) is 0.332. The summed E-state index contributed by atoms with van der Waals surface area (Å²) in [6.45, 7) is 18.8. The van der Waals surface area contributed by atoms with E-state index in [9.17, 15) is 4.79 Å². The molecule has 1 aliphatic heterocycles. The smallest absolute Gasteiger partial charge is 0.306 e. The number of unbranched alkanes of at least 4 members (excludes halogenated alkanes) is 1. The summed E-state index contributed by atoms with van der Waals surface area (Å²) in [6, 6.07) is 0. The molecule has 0 amide bonds. The van der Waals surface area contributed by atoms with Gasteiger partial charge in [-0.1, -0.05) is 67.5 Å². The van der Waals surface area contributed by atoms with Gasteiger partial charge < -0.3 is 4.74 Å². The molecule has 124 valence electrons. The summed E-state index contributed by atoms with van der Waals surface area (Å²) in [5.41, 5.74) is 0.585. The second-order valence-electron chi connectivity index (χ2n) is 8.80. The molecule has 2 nitrogen and oxygen atoms in total. The second kappa shape index (κ2) is 6.85. The Hall–Kier alpha value is -0.313. The summed E-state index contributed by atoms with van der Waals surface area (Å²) in [6.07, 6.45) is 4.39. The molecule has 0 saturated carbocycles. The van der Waals surface area contributed by atoms with Crippen LogP contribution in [0.15, 0.2) is 0 Å². The lowest BCUT2D eigenvalue weighted by Gasteiger charge is -2.52. The van der Waals surface area contributed by atoms with Gasteiger partial charge >= 0.3 is 5.97 Å². The third kappa shape index (κ3) is 4.11. The van der Waals surface area contributed by atoms with Gasteiger partial charge in [0.25, 0.3) is 0 Å². The van der Waals surface area contributed by atoms with Crippen molar-refractivity contribution < 1.29 is 9.53 Å². The van der Waals surface area contributed by atoms with Crippen LogP contribution in [0, 0.1) is 11.8 Å². The van der Waals surface area contributed by atoms with Crippen LogP contribution in [0.3, 0.4) is 0 Å². The maximum atomic E-state index is 12.1. The Morgan fingerprint density at radius 3 is 2.29 bits per heavy atom. The number of carbonyl (C=O) groups is 1. The third-order valence-corrected chi connectivity index (χ3v) is 12.2. The SMILES string of the molecule is CCCC[C@@H]1CC(=O)O[C@H](C(C)C)[C@H]1[Si](C)(C)C(C)(C)C. The first kappa shape index (κ1) is 18.7. The molecule has 0 N–H and O–H groups in total. The largest absolute Gasteiger partial charge is 0.462 e. The zero-order valence-corrected chi connectivity index (χ0v) is 16.5. The van der Waals surface area contributed by atoms with Crippen molar-refractivity contribution in [2.75, 3.05) is 0 Å². The second-order valence-corrected chi connectivity index (χ2v) is 14.4. The molecular formula is C18H36O2Si. The molecule has 1 aliphatic rings. The lowest BCUT2D eigenvalue weighted by molar-refractivity contribution is -0.160. The fourth-order valence-electron chi connectivity index (χ4n) is 3.68. The highest BCUT2D eigenvalue weighted by atomic mass is 28.3. The Labute approximate surface area is 133 Å². The molecular weight excluding hydrogens is 276 g/mol. The van der Waals surface area contributed by atoms with Gasteiger partial charge in [0.15, 0.2) is 0 Å². The summed E-state index contributed by atoms with van der Waals surface area (Å²) in [4.78, 5) is 12.1. The van der Waals surface area contributed by atoms with Crippen molar-refractivity contribution in [3.63, 3.8) is 0 Å². The van der Waals surface area contributed by atoms with Gasteiger partial charge in [0.1, 0.15) is 6.10 Å². The number of carbonyl (C=O) groups excluding carboxylic acids is 1. The summed E-state index contributed by atoms with van der Waals surface area (Å²) in [7, 11) is -1.55. The van der Waals surface area contributed by atoms with Crippen molar-refractivity contribution in [1.29, 1.82) is 0 Å². The molecule has 21 heavy (non-hydrogen) atoms. The van der Waals surface area contributed by atoms with Crippen molar-refractivity contribution in [3.05, 3.63) is 0 Å². The highest BCUT2D eigenvalue weighted by molar-refractivity contribution is 6.81. The minimum Gasteiger partial charge on any atom is -0.462 e. The monoisotopic (exact) mass is 312 g/mol. The van der Waals surface area contributed by atoms with Crippen LogP contribution < -0.4 is 0 Å². The van der Waals surface area contributed by atoms with E-state index in [-0.39, 0.29) is 12.1 Å². The van der Waals surface area contributed by atoms with Crippen LogP contribution in [0.4, 0.5) is 0 Å². The fraction of sp³-hybridized carbons (Fsp3) is 0.944. The minimum atomic E-state index is -1.55. The van der Waals surface area contributed by atoms with Gasteiger partial charge in [0.2, 0.25) is 0 Å². The molecule has 0 spiro atoms. The van der Waals surface area contributed by atoms with Gasteiger partial charge in [-0.25, -0.2) is 0 Å². The van der Waals surface area contributed by atoms with Gasteiger partial charge in [-0.3, -0.25) is 4.79 Å². The van der Waals surface area contributed by atoms with Crippen LogP contribution in [-0.2, 0) is 9.53 Å². The Kier molecular flexibility index (Phi) is 6.11. The molecule has 0 aliphatic carbocycles. The predicted octanol–water partition coefficient (Wildman–Crippen LogP) is 5.64. The fourth-order valence-corrected chi connectivity index (χ4v) is 7.42. The molecule has 0 unspecified atom stereocenters. The number of rotatable bonds is 5. The van der Waals surface area contributed by atoms with Crippen LogP contribution in [0.25, 0.3) is 0 Å². The van der Waals surface area contributed by atoms with Crippen molar-refractivity contribution in [2.24, 2.45) is 11.8 Å². The van der Waals surface area contributed by atoms with Crippen molar-refractivity contribution >= 4 is 14.0 Å². The predicted molar refractivity (Wildman–Crippen MR) is 93.3 cm³/mol. The lowest BCUT2D eigenvalue weighted by Crippen LogP contribution is -2.54. The Morgan fingerprint density at radius 1 is 1.29 bits per heavy atom. The standard InChI is InChI=1S/C18H36O2Si/c1-9-10-11-14-12-15(19)20-16(13(2)3)17(14)21(7,8)18(4,5)6/h13-14,16-17H,9-12H2,1-8H3/t14-,16-,17+/m1/s1. The van der Waals surface area contributed by atoms with E-state index in [1.54, 1.807) is 0 Å². The van der Waals surface area contributed by atoms with Gasteiger partial charge in [-0.05, 0) is 28.8 Å². The van der Waals surface area contributed by atoms with E-state index in [2.05, 4.69) is 54.6 Å². The Bertz CT molecular complexity index is 355. The van der Waals surface area contributed by atoms with E-state index in [0.717, 1.165) is 0 Å². The third-order valence-electron chi connectivity index (χ3n) is 5.91. The highest BCUT2D eigenvalue weighted by Gasteiger charge is 2.52. The van der Waals surface area contributed by atoms with Crippen LogP contribution in [-0.4, -0.2) is 20.1 Å². The van der Waals surface area contributed by atoms with Gasteiger partial charge in [-0.2, -0.15) is 0 Å². The number of ether oxygens (including phenoxy) is 1. The first-order valence-electron chi connectivity index (χ1n) is 8.71. The summed E-state index contributed by atoms with van der Waals surface area (Å²) >= 11 is 0. The molecule has 0 aromatic heterocycles. The van der Waals surface area contributed by atoms with Crippen molar-refractivity contribution in [2.45, 2.75) is 97.0 Å². The Balaban J connectivity index is 3.16. The zero-order valence-electron chi connectivity index (χ0n) is 15.5. The number of cyclic esters (lactones) is 1. The maximum absolute atomic E-state index is 12.1. The number of esters is 1. The van der Waals surface area contributed by atoms with Crippen LogP contribution >= 0.6 is 0 Å². The first-order valence-corrected chi connectivity index (χ1v) is 11.8. The molecule has 1 saturated heterocycles. The summed E-state index contributed by atoms with van der Waals surface area (Å²) in [5.74, 6) is 0.974. The molecule has 3 atom stereocenters. The normalized spacial score (nSPS) is 27.9. The topological polar surface area (TPSA) is 26.3 Å². The maximum Gasteiger partial charge on any atom is 0.306 e. The average Bonchev–Trinajstić information content (AvgIpc) is 2.33.